The first-order valence-corrected chi connectivity index (χ1v) is 10.1. The summed E-state index contributed by atoms with van der Waals surface area (Å²) in [6, 6.07) is 13.8. The van der Waals surface area contributed by atoms with Crippen molar-refractivity contribution in [3.8, 4) is 11.5 Å². The lowest BCUT2D eigenvalue weighted by molar-refractivity contribution is 0.418. The van der Waals surface area contributed by atoms with Crippen LogP contribution in [0.25, 0.3) is 11.5 Å². The Bertz CT molecular complexity index is 1010. The van der Waals surface area contributed by atoms with Gasteiger partial charge in [-0.3, -0.25) is 4.72 Å². The van der Waals surface area contributed by atoms with E-state index in [1.165, 1.54) is 12.1 Å². The molecule has 8 heteroatoms. The largest absolute Gasteiger partial charge is 0.334 e. The second-order valence-corrected chi connectivity index (χ2v) is 8.04. The van der Waals surface area contributed by atoms with E-state index in [0.717, 1.165) is 5.56 Å². The highest BCUT2D eigenvalue weighted by molar-refractivity contribution is 7.92. The minimum Gasteiger partial charge on any atom is -0.334 e. The summed E-state index contributed by atoms with van der Waals surface area (Å²) >= 11 is 0. The fourth-order valence-corrected chi connectivity index (χ4v) is 3.63. The predicted molar refractivity (Wildman–Crippen MR) is 104 cm³/mol. The third-order valence-electron chi connectivity index (χ3n) is 4.25. The summed E-state index contributed by atoms with van der Waals surface area (Å²) in [5.74, 6) is 0.967. The molecule has 7 nitrogen and oxygen atoms in total. The molecule has 1 atom stereocenters. The first kappa shape index (κ1) is 19.1. The van der Waals surface area contributed by atoms with E-state index >= 15 is 0 Å². The van der Waals surface area contributed by atoms with Crippen LogP contribution in [0.2, 0.25) is 0 Å². The number of aromatic nitrogens is 2. The molecule has 0 aliphatic heterocycles. The van der Waals surface area contributed by atoms with Crippen molar-refractivity contribution in [2.75, 3.05) is 11.8 Å². The predicted octanol–water partition coefficient (Wildman–Crippen LogP) is 3.00. The van der Waals surface area contributed by atoms with Crippen molar-refractivity contribution >= 4 is 15.7 Å². The summed E-state index contributed by atoms with van der Waals surface area (Å²) in [5.41, 5.74) is 2.08. The number of sulfonamides is 1. The van der Waals surface area contributed by atoms with E-state index in [1.54, 1.807) is 24.3 Å². The Morgan fingerprint density at radius 1 is 1.11 bits per heavy atom. The average Bonchev–Trinajstić information content (AvgIpc) is 3.12. The maximum absolute atomic E-state index is 12.6. The molecule has 142 valence electrons. The van der Waals surface area contributed by atoms with Crippen LogP contribution in [0.3, 0.4) is 0 Å². The second kappa shape index (κ2) is 7.89. The zero-order valence-corrected chi connectivity index (χ0v) is 16.2. The number of likely N-dealkylation sites (N-methyl/N-ethyl adjacent to an activating group) is 1. The molecule has 1 heterocycles. The minimum atomic E-state index is -3.67. The molecule has 0 aliphatic carbocycles. The Labute approximate surface area is 158 Å². The number of rotatable bonds is 7. The van der Waals surface area contributed by atoms with Crippen molar-refractivity contribution in [3.63, 3.8) is 0 Å². The average molecular weight is 386 g/mol. The molecule has 2 N–H and O–H groups in total. The van der Waals surface area contributed by atoms with Crippen LogP contribution < -0.4 is 10.0 Å². The van der Waals surface area contributed by atoms with Gasteiger partial charge < -0.3 is 9.84 Å². The second-order valence-electron chi connectivity index (χ2n) is 6.35. The third-order valence-corrected chi connectivity index (χ3v) is 5.63. The smallest absolute Gasteiger partial charge is 0.261 e. The van der Waals surface area contributed by atoms with Crippen molar-refractivity contribution < 1.29 is 12.9 Å². The van der Waals surface area contributed by atoms with Gasteiger partial charge in [-0.05, 0) is 56.8 Å². The fraction of sp³-hybridized carbons (Fsp3) is 0.263. The monoisotopic (exact) mass is 386 g/mol. The number of para-hydroxylation sites is 1. The molecule has 0 saturated heterocycles. The molecule has 1 unspecified atom stereocenters. The Morgan fingerprint density at radius 3 is 2.48 bits per heavy atom. The van der Waals surface area contributed by atoms with Gasteiger partial charge in [0, 0.05) is 18.0 Å². The topological polar surface area (TPSA) is 97.1 Å². The molecule has 2 aromatic carbocycles. The Kier molecular flexibility index (Phi) is 5.57. The molecule has 0 aliphatic rings. The molecule has 0 radical (unpaired) electrons. The Balaban J connectivity index is 1.78. The highest BCUT2D eigenvalue weighted by Crippen LogP contribution is 2.23. The SMILES string of the molecule is CNC(C)Cc1noc(-c2ccc(S(=O)(=O)Nc3ccccc3C)cc2)n1. The van der Waals surface area contributed by atoms with Gasteiger partial charge in [-0.15, -0.1) is 0 Å². The maximum Gasteiger partial charge on any atom is 0.261 e. The van der Waals surface area contributed by atoms with Gasteiger partial charge in [0.1, 0.15) is 0 Å². The lowest BCUT2D eigenvalue weighted by Gasteiger charge is -2.10. The van der Waals surface area contributed by atoms with E-state index in [1.807, 2.05) is 33.0 Å². The molecular weight excluding hydrogens is 364 g/mol. The van der Waals surface area contributed by atoms with Crippen molar-refractivity contribution in [1.82, 2.24) is 15.5 Å². The van der Waals surface area contributed by atoms with Crippen LogP contribution >= 0.6 is 0 Å². The first-order chi connectivity index (χ1) is 12.9. The lowest BCUT2D eigenvalue weighted by atomic mass is 10.2. The van der Waals surface area contributed by atoms with Gasteiger partial charge in [0.15, 0.2) is 5.82 Å². The molecule has 3 aromatic rings. The molecular formula is C19H22N4O3S. The van der Waals surface area contributed by atoms with Gasteiger partial charge in [0.25, 0.3) is 15.9 Å². The number of benzene rings is 2. The van der Waals surface area contributed by atoms with Gasteiger partial charge in [-0.2, -0.15) is 4.98 Å². The molecule has 27 heavy (non-hydrogen) atoms. The number of hydrogen-bond donors (Lipinski definition) is 2. The van der Waals surface area contributed by atoms with E-state index in [9.17, 15) is 8.42 Å². The van der Waals surface area contributed by atoms with Crippen molar-refractivity contribution in [2.45, 2.75) is 31.2 Å². The zero-order chi connectivity index (χ0) is 19.4. The van der Waals surface area contributed by atoms with Crippen LogP contribution in [0.15, 0.2) is 57.9 Å². The summed E-state index contributed by atoms with van der Waals surface area (Å²) in [6.07, 6.45) is 0.646. The maximum atomic E-state index is 12.6. The molecule has 0 bridgehead atoms. The van der Waals surface area contributed by atoms with Crippen LogP contribution in [0.1, 0.15) is 18.3 Å². The third kappa shape index (κ3) is 4.53. The molecule has 0 saturated carbocycles. The van der Waals surface area contributed by atoms with E-state index < -0.39 is 10.0 Å². The van der Waals surface area contributed by atoms with Crippen LogP contribution in [0.4, 0.5) is 5.69 Å². The van der Waals surface area contributed by atoms with Crippen molar-refractivity contribution in [3.05, 3.63) is 59.9 Å². The molecule has 3 rings (SSSR count). The summed E-state index contributed by atoms with van der Waals surface area (Å²) in [4.78, 5) is 4.52. The van der Waals surface area contributed by atoms with Crippen LogP contribution in [-0.2, 0) is 16.4 Å². The fourth-order valence-electron chi connectivity index (χ4n) is 2.50. The van der Waals surface area contributed by atoms with Gasteiger partial charge in [-0.25, -0.2) is 8.42 Å². The van der Waals surface area contributed by atoms with Crippen LogP contribution in [0, 0.1) is 6.92 Å². The summed E-state index contributed by atoms with van der Waals surface area (Å²) in [7, 11) is -1.80. The minimum absolute atomic E-state index is 0.165. The quantitative estimate of drug-likeness (QED) is 0.648. The number of hydrogen-bond acceptors (Lipinski definition) is 6. The normalized spacial score (nSPS) is 12.7. The van der Waals surface area contributed by atoms with Crippen LogP contribution in [0.5, 0.6) is 0 Å². The number of anilines is 1. The summed E-state index contributed by atoms with van der Waals surface area (Å²) in [6.45, 7) is 3.88. The van der Waals surface area contributed by atoms with Crippen molar-refractivity contribution in [1.29, 1.82) is 0 Å². The standard InChI is InChI=1S/C19H22N4O3S/c1-13-6-4-5-7-17(13)23-27(24,25)16-10-8-15(9-11-16)19-21-18(22-26-19)12-14(2)20-3/h4-11,14,20,23H,12H2,1-3H3. The molecule has 0 spiro atoms. The van der Waals surface area contributed by atoms with Crippen molar-refractivity contribution in [2.24, 2.45) is 0 Å². The molecule has 1 aromatic heterocycles. The number of nitrogens with zero attached hydrogens (tertiary/aromatic N) is 2. The first-order valence-electron chi connectivity index (χ1n) is 8.58. The summed E-state index contributed by atoms with van der Waals surface area (Å²) in [5, 5.41) is 7.08. The highest BCUT2D eigenvalue weighted by atomic mass is 32.2. The Hall–Kier alpha value is -2.71. The molecule has 0 fully saturated rings. The van der Waals surface area contributed by atoms with Gasteiger partial charge in [0.05, 0.1) is 10.6 Å². The van der Waals surface area contributed by atoms with E-state index in [0.29, 0.717) is 29.4 Å². The molecule has 0 amide bonds. The lowest BCUT2D eigenvalue weighted by Crippen LogP contribution is -2.24. The van der Waals surface area contributed by atoms with Gasteiger partial charge >= 0.3 is 0 Å². The summed E-state index contributed by atoms with van der Waals surface area (Å²) < 4.78 is 33.1. The zero-order valence-electron chi connectivity index (χ0n) is 15.4. The van der Waals surface area contributed by atoms with E-state index in [2.05, 4.69) is 20.2 Å². The van der Waals surface area contributed by atoms with E-state index in [4.69, 9.17) is 4.52 Å². The van der Waals surface area contributed by atoms with Crippen LogP contribution in [-0.4, -0.2) is 31.6 Å². The number of nitrogens with one attached hydrogen (secondary N) is 2. The van der Waals surface area contributed by atoms with E-state index in [-0.39, 0.29) is 10.9 Å². The Morgan fingerprint density at radius 2 is 1.81 bits per heavy atom. The van der Waals surface area contributed by atoms with Gasteiger partial charge in [-0.1, -0.05) is 23.4 Å². The number of aryl methyl sites for hydroxylation is 1. The van der Waals surface area contributed by atoms with Gasteiger partial charge in [0.2, 0.25) is 0 Å². The highest BCUT2D eigenvalue weighted by Gasteiger charge is 2.17.